The molecule has 0 aliphatic heterocycles. The molecule has 1 aliphatic rings. The minimum absolute atomic E-state index is 0.480. The van der Waals surface area contributed by atoms with Gasteiger partial charge >= 0.3 is 0 Å². The van der Waals surface area contributed by atoms with Gasteiger partial charge in [0.05, 0.1) is 0 Å². The van der Waals surface area contributed by atoms with Crippen molar-refractivity contribution in [2.75, 3.05) is 11.9 Å². The number of hydrogen-bond acceptors (Lipinski definition) is 2. The Kier molecular flexibility index (Phi) is 2.65. The lowest BCUT2D eigenvalue weighted by Crippen LogP contribution is -2.20. The first-order chi connectivity index (χ1) is 7.09. The van der Waals surface area contributed by atoms with Crippen molar-refractivity contribution in [3.63, 3.8) is 0 Å². The molecule has 0 unspecified atom stereocenters. The Balaban J connectivity index is 2.28. The molecule has 0 amide bonds. The maximum atomic E-state index is 5.63. The fraction of sp³-hybridized carbons (Fsp3) is 0.417. The standard InChI is InChI=1S/C12H16N2S/c1-8-7-10(14(2)9-3-4-9)5-6-11(8)12(13)15/h5-7,9H,3-4H2,1-2H3,(H2,13,15). The number of aryl methyl sites for hydroxylation is 1. The molecule has 1 aromatic carbocycles. The van der Waals surface area contributed by atoms with Crippen molar-refractivity contribution >= 4 is 22.9 Å². The highest BCUT2D eigenvalue weighted by Crippen LogP contribution is 2.30. The summed E-state index contributed by atoms with van der Waals surface area (Å²) in [6.07, 6.45) is 2.62. The van der Waals surface area contributed by atoms with Crippen LogP contribution in [0.4, 0.5) is 5.69 Å². The molecule has 0 radical (unpaired) electrons. The number of anilines is 1. The van der Waals surface area contributed by atoms with E-state index < -0.39 is 0 Å². The second-order valence-corrected chi connectivity index (χ2v) is 4.65. The maximum Gasteiger partial charge on any atom is 0.104 e. The molecule has 3 heteroatoms. The van der Waals surface area contributed by atoms with Crippen LogP contribution in [0.15, 0.2) is 18.2 Å². The van der Waals surface area contributed by atoms with Crippen molar-refractivity contribution in [3.05, 3.63) is 29.3 Å². The van der Waals surface area contributed by atoms with Crippen LogP contribution in [0.3, 0.4) is 0 Å². The van der Waals surface area contributed by atoms with E-state index in [-0.39, 0.29) is 0 Å². The minimum Gasteiger partial charge on any atom is -0.389 e. The van der Waals surface area contributed by atoms with Crippen molar-refractivity contribution in [2.24, 2.45) is 5.73 Å². The number of thiocarbonyl (C=S) groups is 1. The summed E-state index contributed by atoms with van der Waals surface area (Å²) in [4.78, 5) is 2.81. The molecule has 2 N–H and O–H groups in total. The number of hydrogen-bond donors (Lipinski definition) is 1. The Morgan fingerprint density at radius 1 is 1.47 bits per heavy atom. The predicted octanol–water partition coefficient (Wildman–Crippen LogP) is 2.23. The van der Waals surface area contributed by atoms with E-state index in [1.807, 2.05) is 6.07 Å². The number of nitrogens with two attached hydrogens (primary N) is 1. The zero-order valence-corrected chi connectivity index (χ0v) is 9.97. The molecule has 0 atom stereocenters. The fourth-order valence-corrected chi connectivity index (χ4v) is 2.05. The van der Waals surface area contributed by atoms with Crippen LogP contribution in [0.5, 0.6) is 0 Å². The van der Waals surface area contributed by atoms with Crippen molar-refractivity contribution in [2.45, 2.75) is 25.8 Å². The molecule has 2 nitrogen and oxygen atoms in total. The highest BCUT2D eigenvalue weighted by atomic mass is 32.1. The molecule has 0 spiro atoms. The van der Waals surface area contributed by atoms with E-state index >= 15 is 0 Å². The molecule has 80 valence electrons. The van der Waals surface area contributed by atoms with Crippen LogP contribution in [-0.2, 0) is 0 Å². The first-order valence-electron chi connectivity index (χ1n) is 5.23. The quantitative estimate of drug-likeness (QED) is 0.792. The second kappa shape index (κ2) is 3.81. The van der Waals surface area contributed by atoms with Crippen molar-refractivity contribution in [3.8, 4) is 0 Å². The molecule has 2 rings (SSSR count). The van der Waals surface area contributed by atoms with Gasteiger partial charge in [0.1, 0.15) is 4.99 Å². The average molecular weight is 220 g/mol. The Bertz CT molecular complexity index is 397. The molecule has 1 aliphatic carbocycles. The van der Waals surface area contributed by atoms with E-state index in [2.05, 4.69) is 31.0 Å². The van der Waals surface area contributed by atoms with Crippen LogP contribution < -0.4 is 10.6 Å². The Morgan fingerprint density at radius 3 is 2.60 bits per heavy atom. The van der Waals surface area contributed by atoms with E-state index in [9.17, 15) is 0 Å². The zero-order chi connectivity index (χ0) is 11.0. The predicted molar refractivity (Wildman–Crippen MR) is 68.5 cm³/mol. The normalized spacial score (nSPS) is 15.1. The summed E-state index contributed by atoms with van der Waals surface area (Å²) in [6.45, 7) is 2.05. The summed E-state index contributed by atoms with van der Waals surface area (Å²) in [5, 5.41) is 0. The van der Waals surface area contributed by atoms with E-state index in [0.717, 1.165) is 17.2 Å². The van der Waals surface area contributed by atoms with Crippen LogP contribution in [0.25, 0.3) is 0 Å². The Labute approximate surface area is 96.1 Å². The molecule has 0 heterocycles. The number of rotatable bonds is 3. The van der Waals surface area contributed by atoms with Gasteiger partial charge in [-0.25, -0.2) is 0 Å². The third kappa shape index (κ3) is 2.12. The van der Waals surface area contributed by atoms with Gasteiger partial charge in [-0.15, -0.1) is 0 Å². The van der Waals surface area contributed by atoms with E-state index in [0.29, 0.717) is 4.99 Å². The summed E-state index contributed by atoms with van der Waals surface area (Å²) in [5.41, 5.74) is 9.03. The smallest absolute Gasteiger partial charge is 0.104 e. The van der Waals surface area contributed by atoms with Gasteiger partial charge in [-0.3, -0.25) is 0 Å². The monoisotopic (exact) mass is 220 g/mol. The van der Waals surface area contributed by atoms with Gasteiger partial charge < -0.3 is 10.6 Å². The lowest BCUT2D eigenvalue weighted by atomic mass is 10.1. The van der Waals surface area contributed by atoms with Crippen molar-refractivity contribution in [1.82, 2.24) is 0 Å². The molecule has 1 aromatic rings. The highest BCUT2D eigenvalue weighted by molar-refractivity contribution is 7.80. The molecular formula is C12H16N2S. The van der Waals surface area contributed by atoms with Gasteiger partial charge in [0, 0.05) is 24.3 Å². The van der Waals surface area contributed by atoms with E-state index in [1.54, 1.807) is 0 Å². The van der Waals surface area contributed by atoms with Gasteiger partial charge in [-0.05, 0) is 43.5 Å². The van der Waals surface area contributed by atoms with Crippen LogP contribution in [0.1, 0.15) is 24.0 Å². The average Bonchev–Trinajstić information content (AvgIpc) is 2.99. The first kappa shape index (κ1) is 10.4. The lowest BCUT2D eigenvalue weighted by molar-refractivity contribution is 0.916. The van der Waals surface area contributed by atoms with Gasteiger partial charge in [-0.1, -0.05) is 12.2 Å². The van der Waals surface area contributed by atoms with Crippen LogP contribution in [-0.4, -0.2) is 18.1 Å². The molecule has 15 heavy (non-hydrogen) atoms. The van der Waals surface area contributed by atoms with Gasteiger partial charge in [0.15, 0.2) is 0 Å². The molecular weight excluding hydrogens is 204 g/mol. The zero-order valence-electron chi connectivity index (χ0n) is 9.16. The summed E-state index contributed by atoms with van der Waals surface area (Å²) in [6, 6.07) is 7.01. The van der Waals surface area contributed by atoms with Crippen LogP contribution >= 0.6 is 12.2 Å². The third-order valence-corrected chi connectivity index (χ3v) is 3.20. The molecule has 0 bridgehead atoms. The first-order valence-corrected chi connectivity index (χ1v) is 5.63. The SMILES string of the molecule is Cc1cc(N(C)C2CC2)ccc1C(N)=S. The van der Waals surface area contributed by atoms with Crippen LogP contribution in [0.2, 0.25) is 0 Å². The molecule has 1 saturated carbocycles. The van der Waals surface area contributed by atoms with Crippen molar-refractivity contribution in [1.29, 1.82) is 0 Å². The van der Waals surface area contributed by atoms with E-state index in [4.69, 9.17) is 18.0 Å². The minimum atomic E-state index is 0.480. The lowest BCUT2D eigenvalue weighted by Gasteiger charge is -2.19. The van der Waals surface area contributed by atoms with Gasteiger partial charge in [-0.2, -0.15) is 0 Å². The highest BCUT2D eigenvalue weighted by Gasteiger charge is 2.26. The van der Waals surface area contributed by atoms with Crippen molar-refractivity contribution < 1.29 is 0 Å². The van der Waals surface area contributed by atoms with Gasteiger partial charge in [0.25, 0.3) is 0 Å². The Hall–Kier alpha value is -1.09. The molecule has 0 saturated heterocycles. The van der Waals surface area contributed by atoms with E-state index in [1.165, 1.54) is 18.5 Å². The summed E-state index contributed by atoms with van der Waals surface area (Å²) in [7, 11) is 2.15. The summed E-state index contributed by atoms with van der Waals surface area (Å²) < 4.78 is 0. The molecule has 1 fully saturated rings. The molecule has 0 aromatic heterocycles. The summed E-state index contributed by atoms with van der Waals surface area (Å²) in [5.74, 6) is 0. The largest absolute Gasteiger partial charge is 0.389 e. The Morgan fingerprint density at radius 2 is 2.13 bits per heavy atom. The maximum absolute atomic E-state index is 5.63. The van der Waals surface area contributed by atoms with Crippen LogP contribution in [0, 0.1) is 6.92 Å². The second-order valence-electron chi connectivity index (χ2n) is 4.21. The topological polar surface area (TPSA) is 29.3 Å². The fourth-order valence-electron chi connectivity index (χ4n) is 1.82. The number of nitrogens with zero attached hydrogens (tertiary/aromatic N) is 1. The number of benzene rings is 1. The third-order valence-electron chi connectivity index (χ3n) is 2.98. The summed E-state index contributed by atoms with van der Waals surface area (Å²) >= 11 is 4.99. The van der Waals surface area contributed by atoms with Gasteiger partial charge in [0.2, 0.25) is 0 Å².